The highest BCUT2D eigenvalue weighted by atomic mass is 19.1. The summed E-state index contributed by atoms with van der Waals surface area (Å²) in [5.41, 5.74) is 1.45. The van der Waals surface area contributed by atoms with Crippen LogP contribution in [0.2, 0.25) is 0 Å². The molecule has 0 saturated carbocycles. The van der Waals surface area contributed by atoms with E-state index in [1.165, 1.54) is 12.1 Å². The number of aliphatic hydroxyl groups is 1. The van der Waals surface area contributed by atoms with Crippen LogP contribution in [0.3, 0.4) is 0 Å². The van der Waals surface area contributed by atoms with E-state index in [0.717, 1.165) is 11.6 Å². The van der Waals surface area contributed by atoms with E-state index in [4.69, 9.17) is 4.74 Å². The number of ether oxygens (including phenoxy) is 1. The molecule has 0 radical (unpaired) electrons. The van der Waals surface area contributed by atoms with Crippen molar-refractivity contribution in [2.45, 2.75) is 39.1 Å². The first-order chi connectivity index (χ1) is 11.9. The number of rotatable bonds is 9. The lowest BCUT2D eigenvalue weighted by atomic mass is 10.1. The molecule has 1 N–H and O–H groups in total. The van der Waals surface area contributed by atoms with Gasteiger partial charge in [0.05, 0.1) is 18.8 Å². The normalized spacial score (nSPS) is 12.8. The SMILES string of the molecule is CC(C)OC[C@@H](O)CN(Cc1ccccc1)Cc1ccc(F)cc1F. The standard InChI is InChI=1S/C20H25F2NO2/c1-15(2)25-14-19(24)13-23(11-16-6-4-3-5-7-16)12-17-8-9-18(21)10-20(17)22/h3-10,15,19,24H,11-14H2,1-2H3/t19-/m0/s1. The van der Waals surface area contributed by atoms with Crippen molar-refractivity contribution in [3.63, 3.8) is 0 Å². The second kappa shape index (κ2) is 9.61. The quantitative estimate of drug-likeness (QED) is 0.748. The van der Waals surface area contributed by atoms with Gasteiger partial charge in [-0.15, -0.1) is 0 Å². The van der Waals surface area contributed by atoms with Gasteiger partial charge in [0, 0.05) is 31.3 Å². The van der Waals surface area contributed by atoms with Gasteiger partial charge in [-0.05, 0) is 25.5 Å². The van der Waals surface area contributed by atoms with E-state index in [9.17, 15) is 13.9 Å². The van der Waals surface area contributed by atoms with Crippen molar-refractivity contribution in [1.29, 1.82) is 0 Å². The van der Waals surface area contributed by atoms with Crippen LogP contribution in [0.15, 0.2) is 48.5 Å². The summed E-state index contributed by atoms with van der Waals surface area (Å²) in [6.45, 7) is 5.19. The van der Waals surface area contributed by atoms with Gasteiger partial charge >= 0.3 is 0 Å². The molecule has 0 spiro atoms. The van der Waals surface area contributed by atoms with Crippen molar-refractivity contribution in [3.05, 3.63) is 71.3 Å². The Balaban J connectivity index is 2.07. The lowest BCUT2D eigenvalue weighted by Gasteiger charge is -2.26. The van der Waals surface area contributed by atoms with E-state index in [-0.39, 0.29) is 19.3 Å². The van der Waals surface area contributed by atoms with Gasteiger partial charge < -0.3 is 9.84 Å². The molecule has 2 aromatic rings. The minimum absolute atomic E-state index is 0.0340. The molecule has 0 aliphatic heterocycles. The van der Waals surface area contributed by atoms with Crippen molar-refractivity contribution in [2.75, 3.05) is 13.2 Å². The Morgan fingerprint density at radius 2 is 1.76 bits per heavy atom. The van der Waals surface area contributed by atoms with Crippen molar-refractivity contribution >= 4 is 0 Å². The van der Waals surface area contributed by atoms with Crippen LogP contribution < -0.4 is 0 Å². The van der Waals surface area contributed by atoms with Crippen molar-refractivity contribution in [2.24, 2.45) is 0 Å². The lowest BCUT2D eigenvalue weighted by Crippen LogP contribution is -2.35. The van der Waals surface area contributed by atoms with Gasteiger partial charge in [0.1, 0.15) is 11.6 Å². The number of halogens is 2. The molecule has 5 heteroatoms. The van der Waals surface area contributed by atoms with Crippen LogP contribution in [0.1, 0.15) is 25.0 Å². The smallest absolute Gasteiger partial charge is 0.130 e. The van der Waals surface area contributed by atoms with Crippen LogP contribution in [0.4, 0.5) is 8.78 Å². The molecule has 2 rings (SSSR count). The molecule has 0 aliphatic rings. The first-order valence-corrected chi connectivity index (χ1v) is 8.44. The first kappa shape index (κ1) is 19.5. The highest BCUT2D eigenvalue weighted by molar-refractivity contribution is 5.19. The molecule has 136 valence electrons. The Labute approximate surface area is 147 Å². The summed E-state index contributed by atoms with van der Waals surface area (Å²) in [5.74, 6) is -1.17. The van der Waals surface area contributed by atoms with Crippen LogP contribution in [0.5, 0.6) is 0 Å². The molecule has 0 amide bonds. The molecule has 0 unspecified atom stereocenters. The third kappa shape index (κ3) is 6.90. The number of hydrogen-bond acceptors (Lipinski definition) is 3. The van der Waals surface area contributed by atoms with Crippen LogP contribution in [0.25, 0.3) is 0 Å². The van der Waals surface area contributed by atoms with Gasteiger partial charge in [0.25, 0.3) is 0 Å². The molecule has 0 aliphatic carbocycles. The second-order valence-corrected chi connectivity index (χ2v) is 6.43. The summed E-state index contributed by atoms with van der Waals surface area (Å²) >= 11 is 0. The van der Waals surface area contributed by atoms with Gasteiger partial charge in [-0.1, -0.05) is 36.4 Å². The molecule has 0 bridgehead atoms. The van der Waals surface area contributed by atoms with Crippen molar-refractivity contribution < 1.29 is 18.6 Å². The molecule has 0 saturated heterocycles. The summed E-state index contributed by atoms with van der Waals surface area (Å²) in [6.07, 6.45) is -0.651. The fraction of sp³-hybridized carbons (Fsp3) is 0.400. The van der Waals surface area contributed by atoms with Crippen LogP contribution >= 0.6 is 0 Å². The number of nitrogens with zero attached hydrogens (tertiary/aromatic N) is 1. The maximum atomic E-state index is 14.0. The summed E-state index contributed by atoms with van der Waals surface area (Å²) in [5, 5.41) is 10.2. The third-order valence-corrected chi connectivity index (χ3v) is 3.75. The molecule has 0 heterocycles. The third-order valence-electron chi connectivity index (χ3n) is 3.75. The topological polar surface area (TPSA) is 32.7 Å². The van der Waals surface area contributed by atoms with E-state index in [2.05, 4.69) is 0 Å². The van der Waals surface area contributed by atoms with E-state index < -0.39 is 17.7 Å². The predicted molar refractivity (Wildman–Crippen MR) is 94.0 cm³/mol. The van der Waals surface area contributed by atoms with Gasteiger partial charge in [-0.3, -0.25) is 4.90 Å². The average Bonchev–Trinajstić information content (AvgIpc) is 2.56. The molecule has 1 atom stereocenters. The van der Waals surface area contributed by atoms with Crippen LogP contribution in [-0.4, -0.2) is 35.4 Å². The van der Waals surface area contributed by atoms with Crippen LogP contribution in [0, 0.1) is 11.6 Å². The number of aliphatic hydroxyl groups excluding tert-OH is 1. The lowest BCUT2D eigenvalue weighted by molar-refractivity contribution is -0.0107. The molecule has 0 aromatic heterocycles. The minimum atomic E-state index is -0.686. The zero-order valence-corrected chi connectivity index (χ0v) is 14.7. The summed E-state index contributed by atoms with van der Waals surface area (Å²) in [7, 11) is 0. The van der Waals surface area contributed by atoms with Crippen molar-refractivity contribution in [3.8, 4) is 0 Å². The highest BCUT2D eigenvalue weighted by Gasteiger charge is 2.16. The Morgan fingerprint density at radius 3 is 2.40 bits per heavy atom. The van der Waals surface area contributed by atoms with Crippen LogP contribution in [-0.2, 0) is 17.8 Å². The molecule has 0 fully saturated rings. The molecule has 2 aromatic carbocycles. The Hall–Kier alpha value is -1.82. The number of hydrogen-bond donors (Lipinski definition) is 1. The van der Waals surface area contributed by atoms with Crippen molar-refractivity contribution in [1.82, 2.24) is 4.90 Å². The fourth-order valence-corrected chi connectivity index (χ4v) is 2.57. The highest BCUT2D eigenvalue weighted by Crippen LogP contribution is 2.15. The Kier molecular flexibility index (Phi) is 7.50. The Morgan fingerprint density at radius 1 is 1.04 bits per heavy atom. The maximum Gasteiger partial charge on any atom is 0.130 e. The Bertz CT molecular complexity index is 649. The second-order valence-electron chi connectivity index (χ2n) is 6.43. The van der Waals surface area contributed by atoms with Gasteiger partial charge in [0.15, 0.2) is 0 Å². The predicted octanol–water partition coefficient (Wildman–Crippen LogP) is 3.75. The van der Waals surface area contributed by atoms with E-state index >= 15 is 0 Å². The summed E-state index contributed by atoms with van der Waals surface area (Å²) in [6, 6.07) is 13.3. The molecule has 25 heavy (non-hydrogen) atoms. The minimum Gasteiger partial charge on any atom is -0.389 e. The van der Waals surface area contributed by atoms with Gasteiger partial charge in [-0.2, -0.15) is 0 Å². The first-order valence-electron chi connectivity index (χ1n) is 8.44. The molecular formula is C20H25F2NO2. The largest absolute Gasteiger partial charge is 0.389 e. The van der Waals surface area contributed by atoms with E-state index in [1.54, 1.807) is 0 Å². The fourth-order valence-electron chi connectivity index (χ4n) is 2.57. The zero-order chi connectivity index (χ0) is 18.2. The van der Waals surface area contributed by atoms with Gasteiger partial charge in [0.2, 0.25) is 0 Å². The van der Waals surface area contributed by atoms with E-state index in [1.807, 2.05) is 49.1 Å². The summed E-state index contributed by atoms with van der Waals surface area (Å²) in [4.78, 5) is 1.93. The average molecular weight is 349 g/mol. The molecule has 3 nitrogen and oxygen atoms in total. The molecular weight excluding hydrogens is 324 g/mol. The number of benzene rings is 2. The summed E-state index contributed by atoms with van der Waals surface area (Å²) < 4.78 is 32.5. The zero-order valence-electron chi connectivity index (χ0n) is 14.7. The maximum absolute atomic E-state index is 14.0. The van der Waals surface area contributed by atoms with Gasteiger partial charge in [-0.25, -0.2) is 8.78 Å². The monoisotopic (exact) mass is 349 g/mol. The van der Waals surface area contributed by atoms with E-state index in [0.29, 0.717) is 18.7 Å².